The molecule has 0 unspecified atom stereocenters. The molecule has 2 heterocycles. The van der Waals surface area contributed by atoms with Gasteiger partial charge < -0.3 is 10.1 Å². The molecular weight excluding hydrogens is 597 g/mol. The van der Waals surface area contributed by atoms with Gasteiger partial charge in [0.2, 0.25) is 0 Å². The zero-order chi connectivity index (χ0) is 32.4. The lowest BCUT2D eigenvalue weighted by molar-refractivity contribution is -0.137. The predicted molar refractivity (Wildman–Crippen MR) is 165 cm³/mol. The fraction of sp³-hybridized carbons (Fsp3) is 0.235. The van der Waals surface area contributed by atoms with Crippen LogP contribution in [-0.2, 0) is 17.5 Å². The Morgan fingerprint density at radius 1 is 1.02 bits per heavy atom. The van der Waals surface area contributed by atoms with Crippen LogP contribution in [0.25, 0.3) is 27.6 Å². The molecule has 5 aromatic rings. The SMILES string of the molecule is [C-]#[N+]c1ccc(-n2nccc2-c2c(C)n(-c3cccc(C(F)(F)F)c3)c(=O)n2C(=O)N[C@H]2CCC[C@@H]2OCc2ccccc2)cc1. The number of nitrogens with zero attached hydrogens (tertiary/aromatic N) is 5. The number of halogens is 3. The zero-order valence-corrected chi connectivity index (χ0v) is 24.7. The summed E-state index contributed by atoms with van der Waals surface area (Å²) in [5, 5.41) is 7.37. The molecule has 1 saturated carbocycles. The van der Waals surface area contributed by atoms with E-state index in [2.05, 4.69) is 15.3 Å². The Bertz CT molecular complexity index is 1970. The average molecular weight is 627 g/mol. The fourth-order valence-corrected chi connectivity index (χ4v) is 5.87. The van der Waals surface area contributed by atoms with E-state index in [4.69, 9.17) is 11.3 Å². The van der Waals surface area contributed by atoms with Gasteiger partial charge in [-0.1, -0.05) is 48.5 Å². The van der Waals surface area contributed by atoms with Gasteiger partial charge >= 0.3 is 17.9 Å². The standard InChI is InChI=1S/C34H29F3N6O3/c1-22-31(29-18-19-39-43(29)26-16-14-25(38-2)15-17-26)42(33(45)41(22)27-11-6-10-24(20-27)34(35,36)37)32(44)40-28-12-7-13-30(28)46-21-23-8-4-3-5-9-23/h3-6,8-11,14-20,28,30H,7,12-13,21H2,1H3,(H,40,44)/t28-,30-/m0/s1. The first-order chi connectivity index (χ1) is 22.2. The number of hydrogen-bond donors (Lipinski definition) is 1. The summed E-state index contributed by atoms with van der Waals surface area (Å²) in [4.78, 5) is 31.6. The van der Waals surface area contributed by atoms with E-state index in [1.165, 1.54) is 23.0 Å². The maximum Gasteiger partial charge on any atom is 0.416 e. The van der Waals surface area contributed by atoms with Crippen LogP contribution in [0.3, 0.4) is 0 Å². The van der Waals surface area contributed by atoms with Crippen molar-refractivity contribution in [3.05, 3.63) is 130 Å². The Labute approximate surface area is 262 Å². The molecule has 9 nitrogen and oxygen atoms in total. The van der Waals surface area contributed by atoms with Gasteiger partial charge in [-0.15, -0.1) is 0 Å². The van der Waals surface area contributed by atoms with Crippen molar-refractivity contribution in [2.75, 3.05) is 0 Å². The maximum absolute atomic E-state index is 14.1. The van der Waals surface area contributed by atoms with Gasteiger partial charge in [-0.05, 0) is 68.1 Å². The van der Waals surface area contributed by atoms with Crippen LogP contribution < -0.4 is 11.0 Å². The van der Waals surface area contributed by atoms with Crippen molar-refractivity contribution in [1.29, 1.82) is 0 Å². The summed E-state index contributed by atoms with van der Waals surface area (Å²) in [5.41, 5.74) is 0.920. The lowest BCUT2D eigenvalue weighted by Crippen LogP contribution is -2.46. The zero-order valence-electron chi connectivity index (χ0n) is 24.7. The van der Waals surface area contributed by atoms with Crippen LogP contribution in [0, 0.1) is 13.5 Å². The highest BCUT2D eigenvalue weighted by Gasteiger charge is 2.34. The minimum absolute atomic E-state index is 0.0393. The van der Waals surface area contributed by atoms with Gasteiger partial charge in [0.15, 0.2) is 5.69 Å². The van der Waals surface area contributed by atoms with Gasteiger partial charge in [0.1, 0.15) is 5.69 Å². The van der Waals surface area contributed by atoms with Gasteiger partial charge in [-0.25, -0.2) is 23.7 Å². The number of amides is 1. The molecule has 2 atom stereocenters. The molecule has 0 aliphatic heterocycles. The van der Waals surface area contributed by atoms with Gasteiger partial charge in [-0.2, -0.15) is 18.3 Å². The number of rotatable bonds is 7. The molecule has 1 amide bonds. The van der Waals surface area contributed by atoms with Gasteiger partial charge in [-0.3, -0.25) is 4.57 Å². The number of ether oxygens (including phenoxy) is 1. The summed E-state index contributed by atoms with van der Waals surface area (Å²) < 4.78 is 50.7. The lowest BCUT2D eigenvalue weighted by Gasteiger charge is -2.22. The van der Waals surface area contributed by atoms with E-state index < -0.39 is 23.5 Å². The predicted octanol–water partition coefficient (Wildman–Crippen LogP) is 7.07. The summed E-state index contributed by atoms with van der Waals surface area (Å²) in [6, 6.07) is 21.2. The molecule has 2 aromatic heterocycles. The fourth-order valence-electron chi connectivity index (χ4n) is 5.87. The summed E-state index contributed by atoms with van der Waals surface area (Å²) in [7, 11) is 0. The van der Waals surface area contributed by atoms with Crippen molar-refractivity contribution in [3.8, 4) is 22.8 Å². The maximum atomic E-state index is 14.1. The Balaban J connectivity index is 1.42. The Morgan fingerprint density at radius 2 is 1.78 bits per heavy atom. The quantitative estimate of drug-likeness (QED) is 0.196. The lowest BCUT2D eigenvalue weighted by atomic mass is 10.2. The molecule has 234 valence electrons. The van der Waals surface area contributed by atoms with E-state index in [9.17, 15) is 22.8 Å². The molecule has 0 spiro atoms. The first kappa shape index (κ1) is 30.6. The molecule has 0 radical (unpaired) electrons. The average Bonchev–Trinajstić information content (AvgIpc) is 3.78. The van der Waals surface area contributed by atoms with Crippen LogP contribution in [0.4, 0.5) is 23.7 Å². The third-order valence-corrected chi connectivity index (χ3v) is 8.10. The summed E-state index contributed by atoms with van der Waals surface area (Å²) >= 11 is 0. The largest absolute Gasteiger partial charge is 0.416 e. The molecule has 1 aliphatic rings. The van der Waals surface area contributed by atoms with Crippen molar-refractivity contribution < 1.29 is 22.7 Å². The molecule has 12 heteroatoms. The van der Waals surface area contributed by atoms with E-state index in [0.29, 0.717) is 30.1 Å². The Kier molecular flexibility index (Phi) is 8.34. The number of carbonyl (C=O) groups is 1. The second kappa shape index (κ2) is 12.5. The number of carbonyl (C=O) groups excluding carboxylic acids is 1. The molecule has 46 heavy (non-hydrogen) atoms. The minimum Gasteiger partial charge on any atom is -0.371 e. The number of benzene rings is 3. The first-order valence-corrected chi connectivity index (χ1v) is 14.7. The van der Waals surface area contributed by atoms with Crippen LogP contribution in [-0.4, -0.2) is 37.1 Å². The number of hydrogen-bond acceptors (Lipinski definition) is 4. The summed E-state index contributed by atoms with van der Waals surface area (Å²) in [6.07, 6.45) is -1.27. The molecule has 3 aromatic carbocycles. The molecule has 0 saturated heterocycles. The first-order valence-electron chi connectivity index (χ1n) is 14.7. The van der Waals surface area contributed by atoms with Crippen molar-refractivity contribution in [3.63, 3.8) is 0 Å². The monoisotopic (exact) mass is 626 g/mol. The molecule has 1 N–H and O–H groups in total. The number of imidazole rings is 1. The second-order valence-electron chi connectivity index (χ2n) is 11.0. The number of nitrogens with one attached hydrogen (secondary N) is 1. The van der Waals surface area contributed by atoms with Gasteiger partial charge in [0.25, 0.3) is 0 Å². The third kappa shape index (κ3) is 5.97. The van der Waals surface area contributed by atoms with Gasteiger partial charge in [0.05, 0.1) is 59.8 Å². The molecule has 1 fully saturated rings. The third-order valence-electron chi connectivity index (χ3n) is 8.10. The highest BCUT2D eigenvalue weighted by Crippen LogP contribution is 2.32. The van der Waals surface area contributed by atoms with E-state index in [1.807, 2.05) is 30.3 Å². The summed E-state index contributed by atoms with van der Waals surface area (Å²) in [6.45, 7) is 9.18. The van der Waals surface area contributed by atoms with Crippen molar-refractivity contribution in [1.82, 2.24) is 24.2 Å². The van der Waals surface area contributed by atoms with Crippen LogP contribution in [0.2, 0.25) is 0 Å². The van der Waals surface area contributed by atoms with Crippen molar-refractivity contribution in [2.24, 2.45) is 0 Å². The van der Waals surface area contributed by atoms with E-state index in [0.717, 1.165) is 39.7 Å². The Hall–Kier alpha value is -5.41. The summed E-state index contributed by atoms with van der Waals surface area (Å²) in [5.74, 6) is 0. The van der Waals surface area contributed by atoms with Crippen molar-refractivity contribution >= 4 is 11.7 Å². The Morgan fingerprint density at radius 3 is 2.50 bits per heavy atom. The van der Waals surface area contributed by atoms with E-state index in [-0.39, 0.29) is 29.2 Å². The molecule has 1 aliphatic carbocycles. The van der Waals surface area contributed by atoms with Crippen LogP contribution in [0.5, 0.6) is 0 Å². The number of alkyl halides is 3. The van der Waals surface area contributed by atoms with E-state index >= 15 is 0 Å². The molecule has 6 rings (SSSR count). The van der Waals surface area contributed by atoms with Crippen LogP contribution in [0.15, 0.2) is 95.9 Å². The van der Waals surface area contributed by atoms with Crippen LogP contribution >= 0.6 is 0 Å². The molecule has 0 bridgehead atoms. The highest BCUT2D eigenvalue weighted by atomic mass is 19.4. The van der Waals surface area contributed by atoms with E-state index in [1.54, 1.807) is 37.3 Å². The molecular formula is C34H29F3N6O3. The van der Waals surface area contributed by atoms with Crippen LogP contribution in [0.1, 0.15) is 36.1 Å². The topological polar surface area (TPSA) is 87.4 Å². The van der Waals surface area contributed by atoms with Crippen molar-refractivity contribution in [2.45, 2.75) is 51.1 Å². The number of aromatic nitrogens is 4. The van der Waals surface area contributed by atoms with Gasteiger partial charge in [0, 0.05) is 0 Å². The smallest absolute Gasteiger partial charge is 0.371 e. The highest BCUT2D eigenvalue weighted by molar-refractivity contribution is 5.83. The second-order valence-corrected chi connectivity index (χ2v) is 11.0. The minimum atomic E-state index is -4.64. The normalized spacial score (nSPS) is 16.3.